The summed E-state index contributed by atoms with van der Waals surface area (Å²) < 4.78 is 6.98. The van der Waals surface area contributed by atoms with E-state index >= 15 is 0 Å². The highest BCUT2D eigenvalue weighted by molar-refractivity contribution is 6.04. The smallest absolute Gasteiger partial charge is 0.338 e. The number of nitrogens with zero attached hydrogens (tertiary/aromatic N) is 3. The maximum absolute atomic E-state index is 12.0. The fraction of sp³-hybridized carbons (Fsp3) is 0.333. The Hall–Kier alpha value is -2.96. The molecule has 1 aromatic carbocycles. The third-order valence-corrected chi connectivity index (χ3v) is 4.07. The summed E-state index contributed by atoms with van der Waals surface area (Å²) in [4.78, 5) is 32.1. The highest BCUT2D eigenvalue weighted by atomic mass is 16.5. The summed E-state index contributed by atoms with van der Waals surface area (Å²) in [5, 5.41) is 3.01. The van der Waals surface area contributed by atoms with Crippen LogP contribution in [0.2, 0.25) is 0 Å². The number of benzene rings is 1. The van der Waals surface area contributed by atoms with Gasteiger partial charge in [-0.3, -0.25) is 9.79 Å². The van der Waals surface area contributed by atoms with E-state index in [2.05, 4.69) is 15.3 Å². The van der Waals surface area contributed by atoms with Gasteiger partial charge in [0.25, 0.3) is 0 Å². The number of aliphatic imine (C=N–C) groups is 1. The first-order chi connectivity index (χ1) is 12.1. The quantitative estimate of drug-likeness (QED) is 0.844. The molecule has 2 heterocycles. The maximum atomic E-state index is 12.0. The third-order valence-electron chi connectivity index (χ3n) is 4.07. The Kier molecular flexibility index (Phi) is 4.92. The molecule has 130 valence electrons. The number of ketones is 1. The number of rotatable bonds is 5. The molecule has 0 spiro atoms. The molecule has 25 heavy (non-hydrogen) atoms. The van der Waals surface area contributed by atoms with Crippen molar-refractivity contribution >= 4 is 23.9 Å². The average Bonchev–Trinajstić information content (AvgIpc) is 2.91. The van der Waals surface area contributed by atoms with Gasteiger partial charge in [0.1, 0.15) is 12.4 Å². The molecule has 2 aromatic rings. The van der Waals surface area contributed by atoms with Crippen molar-refractivity contribution in [3.05, 3.63) is 46.9 Å². The van der Waals surface area contributed by atoms with Gasteiger partial charge in [-0.05, 0) is 37.5 Å². The van der Waals surface area contributed by atoms with Crippen molar-refractivity contribution in [1.82, 2.24) is 9.55 Å². The molecule has 0 atom stereocenters. The predicted octanol–water partition coefficient (Wildman–Crippen LogP) is 2.25. The van der Waals surface area contributed by atoms with E-state index in [1.54, 1.807) is 13.3 Å². The van der Waals surface area contributed by atoms with Gasteiger partial charge in [0.05, 0.1) is 24.8 Å². The topological polar surface area (TPSA) is 85.6 Å². The average molecular weight is 340 g/mol. The number of aromatic nitrogens is 2. The lowest BCUT2D eigenvalue weighted by Gasteiger charge is -2.10. The lowest BCUT2D eigenvalue weighted by molar-refractivity contribution is 0.0525. The first kappa shape index (κ1) is 16.9. The lowest BCUT2D eigenvalue weighted by Crippen LogP contribution is -2.10. The normalized spacial score (nSPS) is 13.1. The number of carbonyl (C=O) groups excluding carboxylic acids is 2. The van der Waals surface area contributed by atoms with Crippen LogP contribution in [0.25, 0.3) is 0 Å². The molecule has 7 heteroatoms. The van der Waals surface area contributed by atoms with Crippen LogP contribution in [0, 0.1) is 6.92 Å². The molecular formula is C18H20N4O3. The summed E-state index contributed by atoms with van der Waals surface area (Å²) in [5.41, 5.74) is 2.91. The number of hydrogen-bond donors (Lipinski definition) is 1. The number of ether oxygens (including phenoxy) is 1. The third kappa shape index (κ3) is 3.60. The molecule has 0 amide bonds. The van der Waals surface area contributed by atoms with Crippen LogP contribution >= 0.6 is 0 Å². The summed E-state index contributed by atoms with van der Waals surface area (Å²) >= 11 is 0. The standard InChI is InChI=1S/C18H20N4O3/c1-3-25-18(24)14-8-13(5-4-12(14)2)6-7-22-11-21-16-15(23)9-19-10-20-17(16)22/h4-5,8,10-11H,3,6-7,9H2,1-2H3,(H,19,20). The Balaban J connectivity index is 1.77. The highest BCUT2D eigenvalue weighted by Crippen LogP contribution is 2.18. The van der Waals surface area contributed by atoms with Crippen LogP contribution in [0.15, 0.2) is 29.5 Å². The zero-order valence-electron chi connectivity index (χ0n) is 14.3. The SMILES string of the molecule is CCOC(=O)c1cc(CCn2cnc3c2NC=NCC3=O)ccc1C. The van der Waals surface area contributed by atoms with Crippen molar-refractivity contribution in [3.63, 3.8) is 0 Å². The van der Waals surface area contributed by atoms with Crippen molar-refractivity contribution in [2.75, 3.05) is 18.5 Å². The van der Waals surface area contributed by atoms with E-state index in [-0.39, 0.29) is 18.3 Å². The van der Waals surface area contributed by atoms with Crippen molar-refractivity contribution in [3.8, 4) is 0 Å². The number of imidazole rings is 1. The van der Waals surface area contributed by atoms with Crippen LogP contribution < -0.4 is 5.32 Å². The number of aryl methyl sites for hydroxylation is 3. The summed E-state index contributed by atoms with van der Waals surface area (Å²) in [6, 6.07) is 5.78. The molecule has 1 aromatic heterocycles. The van der Waals surface area contributed by atoms with Gasteiger partial charge in [0.15, 0.2) is 5.69 Å². The Morgan fingerprint density at radius 3 is 3.04 bits per heavy atom. The molecule has 0 unspecified atom stereocenters. The summed E-state index contributed by atoms with van der Waals surface area (Å²) in [5.74, 6) is 0.251. The number of nitrogens with one attached hydrogen (secondary N) is 1. The van der Waals surface area contributed by atoms with E-state index < -0.39 is 0 Å². The molecule has 0 bridgehead atoms. The van der Waals surface area contributed by atoms with Crippen molar-refractivity contribution in [2.24, 2.45) is 4.99 Å². The van der Waals surface area contributed by atoms with Gasteiger partial charge in [-0.25, -0.2) is 9.78 Å². The maximum Gasteiger partial charge on any atom is 0.338 e. The molecule has 0 radical (unpaired) electrons. The molecule has 0 aliphatic carbocycles. The van der Waals surface area contributed by atoms with E-state index in [9.17, 15) is 9.59 Å². The van der Waals surface area contributed by atoms with Crippen molar-refractivity contribution in [1.29, 1.82) is 0 Å². The van der Waals surface area contributed by atoms with E-state index in [0.29, 0.717) is 36.6 Å². The molecule has 3 rings (SSSR count). The zero-order valence-corrected chi connectivity index (χ0v) is 14.3. The second-order valence-corrected chi connectivity index (χ2v) is 5.79. The van der Waals surface area contributed by atoms with Gasteiger partial charge >= 0.3 is 5.97 Å². The van der Waals surface area contributed by atoms with Gasteiger partial charge in [-0.15, -0.1) is 0 Å². The molecule has 0 saturated carbocycles. The Bertz CT molecular complexity index is 839. The second-order valence-electron chi connectivity index (χ2n) is 5.79. The van der Waals surface area contributed by atoms with Crippen LogP contribution in [0.3, 0.4) is 0 Å². The fourth-order valence-electron chi connectivity index (χ4n) is 2.72. The number of Topliss-reactive ketones (excluding diaryl/α,β-unsaturated/α-hetero) is 1. The summed E-state index contributed by atoms with van der Waals surface area (Å²) in [7, 11) is 0. The number of hydrogen-bond acceptors (Lipinski definition) is 6. The largest absolute Gasteiger partial charge is 0.462 e. The Morgan fingerprint density at radius 2 is 2.24 bits per heavy atom. The minimum Gasteiger partial charge on any atom is -0.462 e. The molecule has 1 aliphatic rings. The van der Waals surface area contributed by atoms with Gasteiger partial charge in [-0.1, -0.05) is 12.1 Å². The van der Waals surface area contributed by atoms with Crippen LogP contribution in [-0.4, -0.2) is 40.8 Å². The predicted molar refractivity (Wildman–Crippen MR) is 94.4 cm³/mol. The van der Waals surface area contributed by atoms with Gasteiger partial charge in [0, 0.05) is 6.54 Å². The first-order valence-corrected chi connectivity index (χ1v) is 8.20. The monoisotopic (exact) mass is 340 g/mol. The molecule has 7 nitrogen and oxygen atoms in total. The molecular weight excluding hydrogens is 320 g/mol. The van der Waals surface area contributed by atoms with Crippen LogP contribution in [0.5, 0.6) is 0 Å². The molecule has 0 fully saturated rings. The fourth-order valence-corrected chi connectivity index (χ4v) is 2.72. The molecule has 1 aliphatic heterocycles. The van der Waals surface area contributed by atoms with Crippen molar-refractivity contribution in [2.45, 2.75) is 26.8 Å². The van der Waals surface area contributed by atoms with Crippen molar-refractivity contribution < 1.29 is 14.3 Å². The molecule has 1 N–H and O–H groups in total. The highest BCUT2D eigenvalue weighted by Gasteiger charge is 2.19. The van der Waals surface area contributed by atoms with Gasteiger partial charge in [0.2, 0.25) is 5.78 Å². The zero-order chi connectivity index (χ0) is 17.8. The summed E-state index contributed by atoms with van der Waals surface area (Å²) in [6.07, 6.45) is 3.87. The van der Waals surface area contributed by atoms with E-state index in [0.717, 1.165) is 11.1 Å². The number of anilines is 1. The molecule has 0 saturated heterocycles. The number of fused-ring (bicyclic) bond motifs is 1. The van der Waals surface area contributed by atoms with Gasteiger partial charge in [-0.2, -0.15) is 0 Å². The van der Waals surface area contributed by atoms with E-state index in [1.165, 1.54) is 6.34 Å². The van der Waals surface area contributed by atoms with E-state index in [1.807, 2.05) is 29.7 Å². The Morgan fingerprint density at radius 1 is 1.40 bits per heavy atom. The number of esters is 1. The van der Waals surface area contributed by atoms with Gasteiger partial charge < -0.3 is 14.6 Å². The van der Waals surface area contributed by atoms with Crippen LogP contribution in [0.4, 0.5) is 5.82 Å². The number of carbonyl (C=O) groups is 2. The van der Waals surface area contributed by atoms with E-state index in [4.69, 9.17) is 4.74 Å². The van der Waals surface area contributed by atoms with Crippen LogP contribution in [0.1, 0.15) is 38.9 Å². The second kappa shape index (κ2) is 7.29. The van der Waals surface area contributed by atoms with Crippen LogP contribution in [-0.2, 0) is 17.7 Å². The first-order valence-electron chi connectivity index (χ1n) is 8.20. The Labute approximate surface area is 145 Å². The minimum atomic E-state index is -0.304. The minimum absolute atomic E-state index is 0.102. The summed E-state index contributed by atoms with van der Waals surface area (Å²) in [6.45, 7) is 4.77. The lowest BCUT2D eigenvalue weighted by atomic mass is 10.0.